The van der Waals surface area contributed by atoms with Crippen molar-refractivity contribution in [2.75, 3.05) is 6.54 Å². The van der Waals surface area contributed by atoms with Gasteiger partial charge in [0.2, 0.25) is 11.8 Å². The van der Waals surface area contributed by atoms with Gasteiger partial charge in [0.05, 0.1) is 4.92 Å². The van der Waals surface area contributed by atoms with Gasteiger partial charge in [-0.1, -0.05) is 30.3 Å². The number of hydrogen-bond acceptors (Lipinski definition) is 4. The van der Waals surface area contributed by atoms with Gasteiger partial charge in [-0.3, -0.25) is 19.7 Å². The third-order valence-electron chi connectivity index (χ3n) is 3.68. The fourth-order valence-electron chi connectivity index (χ4n) is 2.30. The molecule has 0 heterocycles. The molecule has 7 heteroatoms. The van der Waals surface area contributed by atoms with Crippen LogP contribution in [0.25, 0.3) is 6.08 Å². The summed E-state index contributed by atoms with van der Waals surface area (Å²) in [7, 11) is 0. The molecule has 0 saturated heterocycles. The Labute approximate surface area is 150 Å². The molecule has 7 nitrogen and oxygen atoms in total. The van der Waals surface area contributed by atoms with Crippen molar-refractivity contribution in [2.45, 2.75) is 13.0 Å². The first-order chi connectivity index (χ1) is 12.5. The number of amides is 2. The van der Waals surface area contributed by atoms with Crippen molar-refractivity contribution in [1.29, 1.82) is 0 Å². The van der Waals surface area contributed by atoms with Gasteiger partial charge in [0.1, 0.15) is 0 Å². The van der Waals surface area contributed by atoms with Crippen LogP contribution < -0.4 is 5.73 Å². The summed E-state index contributed by atoms with van der Waals surface area (Å²) in [6.45, 7) is 0.575. The van der Waals surface area contributed by atoms with Gasteiger partial charge < -0.3 is 10.6 Å². The number of non-ortho nitro benzene ring substituents is 1. The first-order valence-corrected chi connectivity index (χ1v) is 7.99. The fraction of sp³-hybridized carbons (Fsp3) is 0.158. The number of carbonyl (C=O) groups is 2. The van der Waals surface area contributed by atoms with Crippen molar-refractivity contribution < 1.29 is 14.5 Å². The van der Waals surface area contributed by atoms with E-state index in [2.05, 4.69) is 0 Å². The molecule has 0 unspecified atom stereocenters. The normalized spacial score (nSPS) is 10.6. The number of nitrogens with two attached hydrogens (primary N) is 1. The third kappa shape index (κ3) is 5.86. The standard InChI is InChI=1S/C19H19N3O4/c20-18(23)12-13-21(14-16-4-2-1-3-5-16)19(24)11-8-15-6-9-17(10-7-15)22(25)26/h1-11H,12-14H2,(H2,20,23)/b11-8+. The van der Waals surface area contributed by atoms with Crippen LogP contribution in [0.5, 0.6) is 0 Å². The Hall–Kier alpha value is -3.48. The maximum Gasteiger partial charge on any atom is 0.269 e. The van der Waals surface area contributed by atoms with Crippen molar-refractivity contribution in [3.05, 3.63) is 81.9 Å². The van der Waals surface area contributed by atoms with Gasteiger partial charge in [0, 0.05) is 37.7 Å². The quantitative estimate of drug-likeness (QED) is 0.447. The van der Waals surface area contributed by atoms with Crippen LogP contribution in [0, 0.1) is 10.1 Å². The molecule has 0 fully saturated rings. The van der Waals surface area contributed by atoms with Gasteiger partial charge in [-0.2, -0.15) is 0 Å². The van der Waals surface area contributed by atoms with Gasteiger partial charge in [0.25, 0.3) is 5.69 Å². The van der Waals surface area contributed by atoms with Crippen molar-refractivity contribution in [1.82, 2.24) is 4.90 Å². The molecule has 0 atom stereocenters. The molecule has 26 heavy (non-hydrogen) atoms. The van der Waals surface area contributed by atoms with Crippen molar-refractivity contribution in [3.8, 4) is 0 Å². The van der Waals surface area contributed by atoms with Crippen LogP contribution in [0.15, 0.2) is 60.7 Å². The summed E-state index contributed by atoms with van der Waals surface area (Å²) in [4.78, 5) is 35.2. The zero-order valence-corrected chi connectivity index (χ0v) is 14.1. The van der Waals surface area contributed by atoms with Crippen LogP contribution in [0.1, 0.15) is 17.5 Å². The highest BCUT2D eigenvalue weighted by atomic mass is 16.6. The van der Waals surface area contributed by atoms with Gasteiger partial charge in [-0.25, -0.2) is 0 Å². The van der Waals surface area contributed by atoms with E-state index in [9.17, 15) is 19.7 Å². The zero-order valence-electron chi connectivity index (χ0n) is 14.1. The van der Waals surface area contributed by atoms with E-state index in [0.29, 0.717) is 12.1 Å². The summed E-state index contributed by atoms with van der Waals surface area (Å²) >= 11 is 0. The molecule has 2 amide bonds. The number of nitrogens with zero attached hydrogens (tertiary/aromatic N) is 2. The molecule has 0 bridgehead atoms. The molecule has 2 aromatic rings. The van der Waals surface area contributed by atoms with Gasteiger partial charge in [-0.15, -0.1) is 0 Å². The topological polar surface area (TPSA) is 107 Å². The lowest BCUT2D eigenvalue weighted by molar-refractivity contribution is -0.384. The Morgan fingerprint density at radius 1 is 1.08 bits per heavy atom. The van der Waals surface area contributed by atoms with E-state index < -0.39 is 10.8 Å². The Kier molecular flexibility index (Phi) is 6.61. The number of primary amides is 1. The van der Waals surface area contributed by atoms with Gasteiger partial charge >= 0.3 is 0 Å². The highest BCUT2D eigenvalue weighted by molar-refractivity contribution is 5.92. The van der Waals surface area contributed by atoms with Crippen LogP contribution in [0.2, 0.25) is 0 Å². The molecule has 0 saturated carbocycles. The smallest absolute Gasteiger partial charge is 0.269 e. The molecule has 2 aromatic carbocycles. The summed E-state index contributed by atoms with van der Waals surface area (Å²) in [6, 6.07) is 15.3. The maximum atomic E-state index is 12.5. The maximum absolute atomic E-state index is 12.5. The average molecular weight is 353 g/mol. The lowest BCUT2D eigenvalue weighted by atomic mass is 10.1. The van der Waals surface area contributed by atoms with E-state index in [-0.39, 0.29) is 24.6 Å². The average Bonchev–Trinajstić information content (AvgIpc) is 2.64. The van der Waals surface area contributed by atoms with E-state index in [1.165, 1.54) is 23.1 Å². The summed E-state index contributed by atoms with van der Waals surface area (Å²) in [5, 5.41) is 10.7. The summed E-state index contributed by atoms with van der Waals surface area (Å²) in [6.07, 6.45) is 3.03. The molecule has 0 aliphatic heterocycles. The monoisotopic (exact) mass is 353 g/mol. The Morgan fingerprint density at radius 3 is 2.31 bits per heavy atom. The van der Waals surface area contributed by atoms with Crippen LogP contribution in [0.3, 0.4) is 0 Å². The largest absolute Gasteiger partial charge is 0.370 e. The fourth-order valence-corrected chi connectivity index (χ4v) is 2.30. The highest BCUT2D eigenvalue weighted by Crippen LogP contribution is 2.13. The Morgan fingerprint density at radius 2 is 1.73 bits per heavy atom. The minimum absolute atomic E-state index is 0.0133. The van der Waals surface area contributed by atoms with Crippen LogP contribution in [0.4, 0.5) is 5.69 Å². The predicted octanol–water partition coefficient (Wildman–Crippen LogP) is 2.51. The van der Waals surface area contributed by atoms with Gasteiger partial charge in [0.15, 0.2) is 0 Å². The van der Waals surface area contributed by atoms with Gasteiger partial charge in [-0.05, 0) is 29.3 Å². The van der Waals surface area contributed by atoms with Crippen molar-refractivity contribution in [3.63, 3.8) is 0 Å². The molecule has 2 rings (SSSR count). The second-order valence-corrected chi connectivity index (χ2v) is 5.64. The second-order valence-electron chi connectivity index (χ2n) is 5.64. The molecule has 0 aliphatic carbocycles. The van der Waals surface area contributed by atoms with Crippen LogP contribution in [-0.2, 0) is 16.1 Å². The lowest BCUT2D eigenvalue weighted by Crippen LogP contribution is -2.32. The van der Waals surface area contributed by atoms with E-state index >= 15 is 0 Å². The van der Waals surface area contributed by atoms with Crippen molar-refractivity contribution >= 4 is 23.6 Å². The SMILES string of the molecule is NC(=O)CCN(Cc1ccccc1)C(=O)/C=C/c1ccc([N+](=O)[O-])cc1. The predicted molar refractivity (Wildman–Crippen MR) is 97.8 cm³/mol. The minimum atomic E-state index is -0.482. The molecule has 0 aliphatic rings. The molecule has 134 valence electrons. The van der Waals surface area contributed by atoms with E-state index in [1.807, 2.05) is 30.3 Å². The Balaban J connectivity index is 2.08. The zero-order chi connectivity index (χ0) is 18.9. The number of rotatable bonds is 8. The third-order valence-corrected chi connectivity index (χ3v) is 3.68. The molecular formula is C19H19N3O4. The number of benzene rings is 2. The second kappa shape index (κ2) is 9.12. The molecule has 2 N–H and O–H groups in total. The van der Waals surface area contributed by atoms with Crippen LogP contribution in [-0.4, -0.2) is 28.2 Å². The minimum Gasteiger partial charge on any atom is -0.370 e. The van der Waals surface area contributed by atoms with E-state index in [1.54, 1.807) is 18.2 Å². The molecular weight excluding hydrogens is 334 g/mol. The Bertz CT molecular complexity index is 801. The molecule has 0 aromatic heterocycles. The van der Waals surface area contributed by atoms with Crippen molar-refractivity contribution in [2.24, 2.45) is 5.73 Å². The lowest BCUT2D eigenvalue weighted by Gasteiger charge is -2.20. The van der Waals surface area contributed by atoms with Crippen LogP contribution >= 0.6 is 0 Å². The summed E-state index contributed by atoms with van der Waals surface area (Å²) in [5.74, 6) is -0.747. The summed E-state index contributed by atoms with van der Waals surface area (Å²) < 4.78 is 0. The molecule has 0 radical (unpaired) electrons. The van der Waals surface area contributed by atoms with E-state index in [4.69, 9.17) is 5.73 Å². The first kappa shape index (κ1) is 18.9. The summed E-state index contributed by atoms with van der Waals surface area (Å²) in [5.41, 5.74) is 6.78. The van der Waals surface area contributed by atoms with E-state index in [0.717, 1.165) is 5.56 Å². The number of carbonyl (C=O) groups excluding carboxylic acids is 2. The highest BCUT2D eigenvalue weighted by Gasteiger charge is 2.12. The first-order valence-electron chi connectivity index (χ1n) is 7.99. The number of hydrogen-bond donors (Lipinski definition) is 1. The number of nitro groups is 1. The number of nitro benzene ring substituents is 1. The molecule has 0 spiro atoms.